The third-order valence-electron chi connectivity index (χ3n) is 2.06. The third-order valence-corrected chi connectivity index (χ3v) is 2.06. The van der Waals surface area contributed by atoms with Crippen molar-refractivity contribution >= 4 is 12.1 Å². The van der Waals surface area contributed by atoms with Crippen LogP contribution < -0.4 is 0 Å². The highest BCUT2D eigenvalue weighted by Crippen LogP contribution is 2.14. The molecule has 2 atom stereocenters. The fraction of sp³-hybridized carbons (Fsp3) is 0.778. The molecule has 0 aromatic heterocycles. The maximum Gasteiger partial charge on any atom is 0.129 e. The zero-order valence-corrected chi connectivity index (χ0v) is 7.46. The lowest BCUT2D eigenvalue weighted by molar-refractivity contribution is -0.118. The van der Waals surface area contributed by atoms with Crippen LogP contribution in [0.5, 0.6) is 0 Å². The van der Waals surface area contributed by atoms with E-state index in [1.807, 2.05) is 13.8 Å². The molecule has 0 aromatic carbocycles. The minimum atomic E-state index is 0.0781. The van der Waals surface area contributed by atoms with Gasteiger partial charge in [-0.3, -0.25) is 0 Å². The Kier molecular flexibility index (Phi) is 4.75. The van der Waals surface area contributed by atoms with Gasteiger partial charge >= 0.3 is 0 Å². The maximum atomic E-state index is 10.6. The van der Waals surface area contributed by atoms with Crippen LogP contribution in [0.1, 0.15) is 33.6 Å². The number of ketones is 1. The van der Waals surface area contributed by atoms with Crippen molar-refractivity contribution in [1.82, 2.24) is 0 Å². The third kappa shape index (κ3) is 4.71. The zero-order chi connectivity index (χ0) is 8.85. The number of Topliss-reactive ketones (excluding diaryl/α,β-unsaturated/α-hetero) is 1. The zero-order valence-electron chi connectivity index (χ0n) is 7.46. The molecule has 0 radical (unpaired) electrons. The van der Waals surface area contributed by atoms with Crippen LogP contribution >= 0.6 is 0 Å². The molecule has 0 amide bonds. The Labute approximate surface area is 68.0 Å². The Morgan fingerprint density at radius 3 is 2.36 bits per heavy atom. The summed E-state index contributed by atoms with van der Waals surface area (Å²) in [6.45, 7) is 5.47. The van der Waals surface area contributed by atoms with Crippen LogP contribution in [0.25, 0.3) is 0 Å². The Morgan fingerprint density at radius 1 is 1.45 bits per heavy atom. The molecule has 0 aromatic rings. The summed E-state index contributed by atoms with van der Waals surface area (Å²) < 4.78 is 0. The van der Waals surface area contributed by atoms with Gasteiger partial charge in [0, 0.05) is 12.3 Å². The lowest BCUT2D eigenvalue weighted by Crippen LogP contribution is -2.10. The van der Waals surface area contributed by atoms with E-state index in [0.29, 0.717) is 12.3 Å². The maximum absolute atomic E-state index is 10.6. The van der Waals surface area contributed by atoms with Gasteiger partial charge in [-0.15, -0.1) is 0 Å². The summed E-state index contributed by atoms with van der Waals surface area (Å²) in [6, 6.07) is 0. The van der Waals surface area contributed by atoms with Crippen molar-refractivity contribution in [2.24, 2.45) is 11.8 Å². The second kappa shape index (κ2) is 5.05. The smallest absolute Gasteiger partial charge is 0.129 e. The van der Waals surface area contributed by atoms with Gasteiger partial charge in [0.05, 0.1) is 0 Å². The molecule has 0 rings (SSSR count). The number of carbonyl (C=O) groups is 2. The molecular formula is C9H16O2. The quantitative estimate of drug-likeness (QED) is 0.569. The Balaban J connectivity index is 3.59. The van der Waals surface area contributed by atoms with E-state index in [-0.39, 0.29) is 11.7 Å². The molecule has 0 saturated carbocycles. The summed E-state index contributed by atoms with van der Waals surface area (Å²) >= 11 is 0. The molecule has 0 bridgehead atoms. The van der Waals surface area contributed by atoms with E-state index < -0.39 is 0 Å². The average Bonchev–Trinajstić information content (AvgIpc) is 1.98. The summed E-state index contributed by atoms with van der Waals surface area (Å²) in [4.78, 5) is 20.9. The number of hydrogen-bond donors (Lipinski definition) is 0. The van der Waals surface area contributed by atoms with Crippen LogP contribution in [0.4, 0.5) is 0 Å². The fourth-order valence-electron chi connectivity index (χ4n) is 0.828. The molecule has 0 spiro atoms. The van der Waals surface area contributed by atoms with Gasteiger partial charge in [-0.05, 0) is 19.3 Å². The molecule has 2 unspecified atom stereocenters. The monoisotopic (exact) mass is 156 g/mol. The van der Waals surface area contributed by atoms with Gasteiger partial charge in [0.2, 0.25) is 0 Å². The van der Waals surface area contributed by atoms with Gasteiger partial charge in [-0.2, -0.15) is 0 Å². The summed E-state index contributed by atoms with van der Waals surface area (Å²) in [7, 11) is 0. The van der Waals surface area contributed by atoms with E-state index in [2.05, 4.69) is 0 Å². The number of aldehydes is 1. The van der Waals surface area contributed by atoms with Crippen LogP contribution in [0, 0.1) is 11.8 Å². The molecule has 0 aliphatic carbocycles. The number of hydrogen-bond acceptors (Lipinski definition) is 2. The second-order valence-electron chi connectivity index (χ2n) is 3.21. The van der Waals surface area contributed by atoms with Gasteiger partial charge in [0.15, 0.2) is 0 Å². The molecule has 0 saturated heterocycles. The van der Waals surface area contributed by atoms with Crippen LogP contribution in [-0.2, 0) is 9.59 Å². The molecule has 0 N–H and O–H groups in total. The van der Waals surface area contributed by atoms with E-state index in [9.17, 15) is 9.59 Å². The largest absolute Gasteiger partial charge is 0.303 e. The second-order valence-corrected chi connectivity index (χ2v) is 3.21. The summed E-state index contributed by atoms with van der Waals surface area (Å²) in [5.41, 5.74) is 0. The lowest BCUT2D eigenvalue weighted by atomic mass is 9.92. The van der Waals surface area contributed by atoms with Crippen molar-refractivity contribution in [2.45, 2.75) is 33.6 Å². The van der Waals surface area contributed by atoms with Crippen molar-refractivity contribution < 1.29 is 9.59 Å². The van der Waals surface area contributed by atoms with Crippen LogP contribution in [0.3, 0.4) is 0 Å². The summed E-state index contributed by atoms with van der Waals surface area (Å²) in [6.07, 6.45) is 2.37. The number of carbonyl (C=O) groups excluding carboxylic acids is 2. The number of rotatable bonds is 5. The fourth-order valence-corrected chi connectivity index (χ4v) is 0.828. The van der Waals surface area contributed by atoms with Crippen molar-refractivity contribution in [3.8, 4) is 0 Å². The van der Waals surface area contributed by atoms with Crippen LogP contribution in [0.2, 0.25) is 0 Å². The van der Waals surface area contributed by atoms with Gasteiger partial charge in [0.25, 0.3) is 0 Å². The molecule has 0 aliphatic rings. The highest BCUT2D eigenvalue weighted by atomic mass is 16.1. The molecule has 2 nitrogen and oxygen atoms in total. The van der Waals surface area contributed by atoms with Crippen LogP contribution in [-0.4, -0.2) is 12.1 Å². The van der Waals surface area contributed by atoms with E-state index in [1.54, 1.807) is 6.92 Å². The van der Waals surface area contributed by atoms with Gasteiger partial charge in [-0.25, -0.2) is 0 Å². The molecule has 2 heteroatoms. The SMILES string of the molecule is CC(=O)CCC(C)C(C)C=O. The van der Waals surface area contributed by atoms with E-state index in [4.69, 9.17) is 0 Å². The Bertz CT molecular complexity index is 140. The molecule has 0 fully saturated rings. The minimum Gasteiger partial charge on any atom is -0.303 e. The first kappa shape index (κ1) is 10.3. The summed E-state index contributed by atoms with van der Waals surface area (Å²) in [5, 5.41) is 0. The predicted molar refractivity (Wildman–Crippen MR) is 44.3 cm³/mol. The Morgan fingerprint density at radius 2 is 2.00 bits per heavy atom. The highest BCUT2D eigenvalue weighted by Gasteiger charge is 2.10. The molecule has 11 heavy (non-hydrogen) atoms. The summed E-state index contributed by atoms with van der Waals surface area (Å²) in [5.74, 6) is 0.612. The standard InChI is InChI=1S/C9H16O2/c1-7(8(2)6-10)4-5-9(3)11/h6-8H,4-5H2,1-3H3. The molecule has 64 valence electrons. The van der Waals surface area contributed by atoms with E-state index >= 15 is 0 Å². The van der Waals surface area contributed by atoms with Gasteiger partial charge in [0.1, 0.15) is 12.1 Å². The Hall–Kier alpha value is -0.660. The lowest BCUT2D eigenvalue weighted by Gasteiger charge is -2.12. The van der Waals surface area contributed by atoms with Crippen molar-refractivity contribution in [3.05, 3.63) is 0 Å². The molecule has 0 aliphatic heterocycles. The minimum absolute atomic E-state index is 0.0781. The van der Waals surface area contributed by atoms with Crippen molar-refractivity contribution in [3.63, 3.8) is 0 Å². The highest BCUT2D eigenvalue weighted by molar-refractivity contribution is 5.75. The van der Waals surface area contributed by atoms with Crippen molar-refractivity contribution in [2.75, 3.05) is 0 Å². The average molecular weight is 156 g/mol. The van der Waals surface area contributed by atoms with Gasteiger partial charge < -0.3 is 9.59 Å². The van der Waals surface area contributed by atoms with E-state index in [0.717, 1.165) is 12.7 Å². The van der Waals surface area contributed by atoms with Gasteiger partial charge in [-0.1, -0.05) is 13.8 Å². The topological polar surface area (TPSA) is 34.1 Å². The molecular weight excluding hydrogens is 140 g/mol. The molecule has 0 heterocycles. The predicted octanol–water partition coefficient (Wildman–Crippen LogP) is 1.83. The first-order valence-corrected chi connectivity index (χ1v) is 4.02. The first-order valence-electron chi connectivity index (χ1n) is 4.02. The first-order chi connectivity index (χ1) is 5.07. The van der Waals surface area contributed by atoms with E-state index in [1.165, 1.54) is 0 Å². The normalized spacial score (nSPS) is 15.5. The van der Waals surface area contributed by atoms with Crippen molar-refractivity contribution in [1.29, 1.82) is 0 Å². The van der Waals surface area contributed by atoms with Crippen LogP contribution in [0.15, 0.2) is 0 Å².